The van der Waals surface area contributed by atoms with Gasteiger partial charge in [0, 0.05) is 17.4 Å². The molecule has 6 nitrogen and oxygen atoms in total. The summed E-state index contributed by atoms with van der Waals surface area (Å²) >= 11 is 0. The second-order valence-corrected chi connectivity index (χ2v) is 4.68. The van der Waals surface area contributed by atoms with E-state index >= 15 is 0 Å². The van der Waals surface area contributed by atoms with Gasteiger partial charge in [0.05, 0.1) is 17.7 Å². The number of rotatable bonds is 2. The van der Waals surface area contributed by atoms with Gasteiger partial charge in [0.2, 0.25) is 11.8 Å². The van der Waals surface area contributed by atoms with Crippen LogP contribution in [0.4, 0.5) is 0 Å². The number of hydrogen-bond acceptors (Lipinski definition) is 4. The zero-order valence-corrected chi connectivity index (χ0v) is 10.4. The minimum Gasteiger partial charge on any atom is -0.478 e. The van der Waals surface area contributed by atoms with Crippen LogP contribution in [0, 0.1) is 0 Å². The highest BCUT2D eigenvalue weighted by molar-refractivity contribution is 6.07. The van der Waals surface area contributed by atoms with E-state index in [1.54, 1.807) is 12.1 Å². The first kappa shape index (κ1) is 12.4. The minimum atomic E-state index is -1.08. The first-order chi connectivity index (χ1) is 9.58. The van der Waals surface area contributed by atoms with E-state index in [2.05, 4.69) is 5.32 Å². The van der Waals surface area contributed by atoms with E-state index in [4.69, 9.17) is 4.42 Å². The molecule has 0 aliphatic carbocycles. The third kappa shape index (κ3) is 1.85. The van der Waals surface area contributed by atoms with Crippen LogP contribution in [0.1, 0.15) is 34.7 Å². The number of carbonyl (C=O) groups is 3. The Kier molecular flexibility index (Phi) is 2.78. The lowest BCUT2D eigenvalue weighted by Gasteiger charge is -2.20. The first-order valence-corrected chi connectivity index (χ1v) is 6.15. The quantitative estimate of drug-likeness (QED) is 0.811. The van der Waals surface area contributed by atoms with Gasteiger partial charge in [-0.15, -0.1) is 0 Å². The number of carboxylic acid groups (broad SMARTS) is 1. The van der Waals surface area contributed by atoms with Crippen molar-refractivity contribution >= 4 is 28.8 Å². The van der Waals surface area contributed by atoms with Crippen LogP contribution in [-0.4, -0.2) is 22.9 Å². The zero-order valence-electron chi connectivity index (χ0n) is 10.4. The van der Waals surface area contributed by atoms with E-state index in [0.717, 1.165) is 0 Å². The fraction of sp³-hybridized carbons (Fsp3) is 0.214. The van der Waals surface area contributed by atoms with Crippen molar-refractivity contribution in [3.8, 4) is 0 Å². The minimum absolute atomic E-state index is 0.0935. The SMILES string of the molecule is O=C1CCC(c2coc3cccc(C(=O)O)c23)C(=O)N1. The fourth-order valence-corrected chi connectivity index (χ4v) is 2.54. The van der Waals surface area contributed by atoms with E-state index in [9.17, 15) is 19.5 Å². The van der Waals surface area contributed by atoms with Crippen molar-refractivity contribution in [1.82, 2.24) is 5.32 Å². The Balaban J connectivity index is 2.15. The van der Waals surface area contributed by atoms with E-state index in [1.165, 1.54) is 12.3 Å². The molecule has 102 valence electrons. The third-order valence-electron chi connectivity index (χ3n) is 3.47. The van der Waals surface area contributed by atoms with Gasteiger partial charge >= 0.3 is 5.97 Å². The van der Waals surface area contributed by atoms with E-state index < -0.39 is 17.8 Å². The first-order valence-electron chi connectivity index (χ1n) is 6.15. The molecular weight excluding hydrogens is 262 g/mol. The number of fused-ring (bicyclic) bond motifs is 1. The maximum atomic E-state index is 11.9. The highest BCUT2D eigenvalue weighted by Crippen LogP contribution is 2.34. The molecule has 2 aromatic rings. The Hall–Kier alpha value is -2.63. The van der Waals surface area contributed by atoms with E-state index in [-0.39, 0.29) is 17.9 Å². The van der Waals surface area contributed by atoms with Crippen LogP contribution >= 0.6 is 0 Å². The van der Waals surface area contributed by atoms with Gasteiger partial charge in [-0.3, -0.25) is 14.9 Å². The smallest absolute Gasteiger partial charge is 0.336 e. The molecule has 2 amide bonds. The lowest BCUT2D eigenvalue weighted by Crippen LogP contribution is -2.39. The number of nitrogens with one attached hydrogen (secondary N) is 1. The molecule has 0 spiro atoms. The second-order valence-electron chi connectivity index (χ2n) is 4.68. The summed E-state index contributed by atoms with van der Waals surface area (Å²) < 4.78 is 5.34. The summed E-state index contributed by atoms with van der Waals surface area (Å²) in [5, 5.41) is 11.9. The van der Waals surface area contributed by atoms with Crippen LogP contribution < -0.4 is 5.32 Å². The summed E-state index contributed by atoms with van der Waals surface area (Å²) in [6.07, 6.45) is 1.99. The van der Waals surface area contributed by atoms with Crippen molar-refractivity contribution in [2.45, 2.75) is 18.8 Å². The molecule has 1 atom stereocenters. The monoisotopic (exact) mass is 273 g/mol. The molecule has 1 saturated heterocycles. The number of carbonyl (C=O) groups excluding carboxylic acids is 2. The van der Waals surface area contributed by atoms with Crippen molar-refractivity contribution in [2.24, 2.45) is 0 Å². The molecule has 1 aliphatic rings. The Morgan fingerprint density at radius 1 is 1.35 bits per heavy atom. The molecule has 2 heterocycles. The van der Waals surface area contributed by atoms with Crippen LogP contribution in [0.25, 0.3) is 11.0 Å². The zero-order chi connectivity index (χ0) is 14.3. The predicted octanol–water partition coefficient (Wildman–Crippen LogP) is 1.65. The fourth-order valence-electron chi connectivity index (χ4n) is 2.54. The number of imide groups is 1. The Morgan fingerprint density at radius 3 is 2.85 bits per heavy atom. The lowest BCUT2D eigenvalue weighted by molar-refractivity contribution is -0.134. The number of piperidine rings is 1. The van der Waals surface area contributed by atoms with Gasteiger partial charge in [0.15, 0.2) is 0 Å². The predicted molar refractivity (Wildman–Crippen MR) is 68.3 cm³/mol. The summed E-state index contributed by atoms with van der Waals surface area (Å²) in [5.41, 5.74) is 1.03. The van der Waals surface area contributed by atoms with E-state index in [1.807, 2.05) is 0 Å². The van der Waals surface area contributed by atoms with Crippen LogP contribution in [0.15, 0.2) is 28.9 Å². The van der Waals surface area contributed by atoms with Gasteiger partial charge in [0.25, 0.3) is 0 Å². The van der Waals surface area contributed by atoms with Crippen LogP contribution in [-0.2, 0) is 9.59 Å². The van der Waals surface area contributed by atoms with Crippen LogP contribution in [0.3, 0.4) is 0 Å². The highest BCUT2D eigenvalue weighted by Gasteiger charge is 2.31. The number of aromatic carboxylic acids is 1. The van der Waals surface area contributed by atoms with Crippen LogP contribution in [0.2, 0.25) is 0 Å². The van der Waals surface area contributed by atoms with Crippen molar-refractivity contribution in [2.75, 3.05) is 0 Å². The van der Waals surface area contributed by atoms with Gasteiger partial charge in [0.1, 0.15) is 5.58 Å². The lowest BCUT2D eigenvalue weighted by atomic mass is 9.89. The average Bonchev–Trinajstić information content (AvgIpc) is 2.82. The Labute approximate surface area is 113 Å². The largest absolute Gasteiger partial charge is 0.478 e. The molecule has 2 N–H and O–H groups in total. The average molecular weight is 273 g/mol. The molecule has 1 aromatic carbocycles. The Bertz CT molecular complexity index is 730. The Morgan fingerprint density at radius 2 is 2.15 bits per heavy atom. The van der Waals surface area contributed by atoms with E-state index in [0.29, 0.717) is 23.0 Å². The molecule has 1 fully saturated rings. The molecule has 1 aliphatic heterocycles. The normalized spacial score (nSPS) is 19.1. The van der Waals surface area contributed by atoms with Gasteiger partial charge < -0.3 is 9.52 Å². The number of carboxylic acids is 1. The molecule has 0 radical (unpaired) electrons. The highest BCUT2D eigenvalue weighted by atomic mass is 16.4. The van der Waals surface area contributed by atoms with Crippen molar-refractivity contribution in [3.63, 3.8) is 0 Å². The molecule has 0 bridgehead atoms. The summed E-state index contributed by atoms with van der Waals surface area (Å²) in [6, 6.07) is 4.70. The summed E-state index contributed by atoms with van der Waals surface area (Å²) in [4.78, 5) is 34.4. The number of furan rings is 1. The van der Waals surface area contributed by atoms with Gasteiger partial charge in [-0.25, -0.2) is 4.79 Å². The molecule has 1 aromatic heterocycles. The number of hydrogen-bond donors (Lipinski definition) is 2. The van der Waals surface area contributed by atoms with Crippen molar-refractivity contribution < 1.29 is 23.9 Å². The molecule has 20 heavy (non-hydrogen) atoms. The second kappa shape index (κ2) is 4.48. The number of benzene rings is 1. The molecule has 3 rings (SSSR count). The van der Waals surface area contributed by atoms with Crippen molar-refractivity contribution in [3.05, 3.63) is 35.6 Å². The summed E-state index contributed by atoms with van der Waals surface area (Å²) in [6.45, 7) is 0. The summed E-state index contributed by atoms with van der Waals surface area (Å²) in [7, 11) is 0. The van der Waals surface area contributed by atoms with Crippen LogP contribution in [0.5, 0.6) is 0 Å². The topological polar surface area (TPSA) is 96.6 Å². The molecule has 0 saturated carbocycles. The summed E-state index contributed by atoms with van der Waals surface area (Å²) in [5.74, 6) is -2.36. The standard InChI is InChI=1S/C14H11NO5/c16-11-5-4-7(13(17)15-11)9-6-20-10-3-1-2-8(12(9)10)14(18)19/h1-3,6-7H,4-5H2,(H,18,19)(H,15,16,17). The number of amides is 2. The van der Waals surface area contributed by atoms with Gasteiger partial charge in [-0.1, -0.05) is 6.07 Å². The maximum Gasteiger partial charge on any atom is 0.336 e. The molecule has 6 heteroatoms. The molecule has 1 unspecified atom stereocenters. The van der Waals surface area contributed by atoms with Gasteiger partial charge in [-0.05, 0) is 18.6 Å². The third-order valence-corrected chi connectivity index (χ3v) is 3.47. The van der Waals surface area contributed by atoms with Gasteiger partial charge in [-0.2, -0.15) is 0 Å². The van der Waals surface area contributed by atoms with Crippen molar-refractivity contribution in [1.29, 1.82) is 0 Å². The molecular formula is C14H11NO5. The maximum absolute atomic E-state index is 11.9.